The van der Waals surface area contributed by atoms with E-state index in [4.69, 9.17) is 9.26 Å². The topological polar surface area (TPSA) is 119 Å². The number of rotatable bonds is 6. The molecule has 2 aliphatic rings. The van der Waals surface area contributed by atoms with Gasteiger partial charge in [-0.25, -0.2) is 14.2 Å². The standard InChI is InChI=1S/C26H32FN5O5.CH3/c1-16-19(25(34)31-10-3-4-21(33)24(31)29-16)9-13-32(15-36-26(35)28-2)11-7-17(8-12-32)23-20-6-5-18(27)14-22(20)37-30-23;/h5-6,14,17,21,33H,3-4,7-13,15H2,1-2H3;1H3/q;-1/p+1. The summed E-state index contributed by atoms with van der Waals surface area (Å²) in [5.74, 6) is 0.223. The first-order valence-corrected chi connectivity index (χ1v) is 12.8. The Balaban J connectivity index is 0.00000336. The van der Waals surface area contributed by atoms with Crippen molar-refractivity contribution in [2.75, 3.05) is 33.4 Å². The zero-order valence-corrected chi connectivity index (χ0v) is 22.2. The molecule has 5 rings (SSSR count). The Morgan fingerprint density at radius 1 is 1.32 bits per heavy atom. The maximum absolute atomic E-state index is 13.6. The van der Waals surface area contributed by atoms with E-state index in [9.17, 15) is 19.1 Å². The number of aliphatic hydroxyl groups is 1. The van der Waals surface area contributed by atoms with Gasteiger partial charge in [0.15, 0.2) is 5.58 Å². The molecule has 3 aromatic rings. The van der Waals surface area contributed by atoms with Crippen molar-refractivity contribution in [2.45, 2.75) is 57.6 Å². The second-order valence-corrected chi connectivity index (χ2v) is 10.2. The highest BCUT2D eigenvalue weighted by Gasteiger charge is 2.37. The molecule has 10 nitrogen and oxygen atoms in total. The van der Waals surface area contributed by atoms with Crippen LogP contribution in [0.4, 0.5) is 9.18 Å². The maximum Gasteiger partial charge on any atom is 0.411 e. The van der Waals surface area contributed by atoms with Crippen LogP contribution in [0.3, 0.4) is 0 Å². The van der Waals surface area contributed by atoms with Gasteiger partial charge >= 0.3 is 6.09 Å². The first-order valence-electron chi connectivity index (χ1n) is 12.8. The lowest BCUT2D eigenvalue weighted by Crippen LogP contribution is -2.56. The van der Waals surface area contributed by atoms with Gasteiger partial charge < -0.3 is 27.1 Å². The molecule has 206 valence electrons. The van der Waals surface area contributed by atoms with Crippen LogP contribution in [0.5, 0.6) is 0 Å². The number of ether oxygens (including phenoxy) is 1. The fourth-order valence-corrected chi connectivity index (χ4v) is 5.70. The van der Waals surface area contributed by atoms with Gasteiger partial charge in [-0.15, -0.1) is 0 Å². The molecule has 0 aliphatic carbocycles. The predicted octanol–water partition coefficient (Wildman–Crippen LogP) is 3.36. The Hall–Kier alpha value is -3.31. The lowest BCUT2D eigenvalue weighted by atomic mass is 9.90. The van der Waals surface area contributed by atoms with E-state index in [0.29, 0.717) is 66.2 Å². The Morgan fingerprint density at radius 3 is 2.82 bits per heavy atom. The lowest BCUT2D eigenvalue weighted by molar-refractivity contribution is -0.947. The molecule has 1 fully saturated rings. The van der Waals surface area contributed by atoms with Crippen molar-refractivity contribution in [3.63, 3.8) is 0 Å². The number of aromatic nitrogens is 3. The molecule has 1 amide bonds. The highest BCUT2D eigenvalue weighted by molar-refractivity contribution is 5.79. The summed E-state index contributed by atoms with van der Waals surface area (Å²) in [6.07, 6.45) is 2.19. The summed E-state index contributed by atoms with van der Waals surface area (Å²) in [5.41, 5.74) is 2.44. The molecular formula is C27H36FN5O5. The third-order valence-corrected chi connectivity index (χ3v) is 7.92. The van der Waals surface area contributed by atoms with Crippen LogP contribution < -0.4 is 10.9 Å². The third kappa shape index (κ3) is 5.30. The number of halogens is 1. The number of benzene rings is 1. The molecule has 1 aromatic carbocycles. The summed E-state index contributed by atoms with van der Waals surface area (Å²) in [6.45, 7) is 4.60. The first-order chi connectivity index (χ1) is 17.8. The number of hydrogen-bond acceptors (Lipinski definition) is 7. The van der Waals surface area contributed by atoms with Crippen LogP contribution in [0.25, 0.3) is 11.0 Å². The number of nitrogens with zero attached hydrogens (tertiary/aromatic N) is 4. The summed E-state index contributed by atoms with van der Waals surface area (Å²) in [7, 11) is 1.52. The number of likely N-dealkylation sites (tertiary alicyclic amines) is 1. The Labute approximate surface area is 221 Å². The van der Waals surface area contributed by atoms with Crippen molar-refractivity contribution in [1.29, 1.82) is 0 Å². The molecule has 0 bridgehead atoms. The first kappa shape index (κ1) is 27.7. The number of fused-ring (bicyclic) bond motifs is 2. The Bertz CT molecular complexity index is 1360. The van der Waals surface area contributed by atoms with Crippen LogP contribution in [0.15, 0.2) is 27.5 Å². The van der Waals surface area contributed by atoms with Crippen molar-refractivity contribution in [2.24, 2.45) is 0 Å². The maximum atomic E-state index is 13.6. The van der Waals surface area contributed by atoms with E-state index in [2.05, 4.69) is 15.5 Å². The molecular weight excluding hydrogens is 493 g/mol. The fourth-order valence-electron chi connectivity index (χ4n) is 5.70. The normalized spacial score (nSPS) is 22.9. The van der Waals surface area contributed by atoms with E-state index in [0.717, 1.165) is 30.3 Å². The molecule has 0 saturated carbocycles. The molecule has 2 aromatic heterocycles. The molecule has 11 heteroatoms. The van der Waals surface area contributed by atoms with Crippen LogP contribution in [-0.2, 0) is 17.7 Å². The smallest absolute Gasteiger partial charge is 0.399 e. The quantitative estimate of drug-likeness (QED) is 0.371. The summed E-state index contributed by atoms with van der Waals surface area (Å²) in [5, 5.41) is 17.9. The van der Waals surface area contributed by atoms with E-state index in [-0.39, 0.29) is 31.5 Å². The van der Waals surface area contributed by atoms with Gasteiger partial charge in [-0.3, -0.25) is 13.8 Å². The van der Waals surface area contributed by atoms with Crippen molar-refractivity contribution in [1.82, 2.24) is 20.0 Å². The number of carbonyl (C=O) groups is 1. The zero-order valence-electron chi connectivity index (χ0n) is 22.2. The SMILES string of the molecule is CNC(=O)OC[N+]1(CCc2c(C)nc3n(c2=O)CCCC3O)CCC(c2noc3cc(F)ccc23)CC1.[CH3-]. The van der Waals surface area contributed by atoms with Crippen molar-refractivity contribution in [3.05, 3.63) is 64.6 Å². The van der Waals surface area contributed by atoms with Gasteiger partial charge in [0.05, 0.1) is 25.3 Å². The van der Waals surface area contributed by atoms with Crippen LogP contribution in [-0.4, -0.2) is 63.8 Å². The van der Waals surface area contributed by atoms with Crippen LogP contribution in [0.2, 0.25) is 0 Å². The molecule has 0 radical (unpaired) electrons. The zero-order chi connectivity index (χ0) is 26.2. The van der Waals surface area contributed by atoms with E-state index < -0.39 is 12.2 Å². The van der Waals surface area contributed by atoms with Gasteiger partial charge in [-0.2, -0.15) is 0 Å². The number of alkyl carbamates (subject to hydrolysis) is 1. The van der Waals surface area contributed by atoms with E-state index >= 15 is 0 Å². The Morgan fingerprint density at radius 2 is 2.08 bits per heavy atom. The largest absolute Gasteiger partial charge is 0.411 e. The van der Waals surface area contributed by atoms with Gasteiger partial charge in [-0.1, -0.05) is 5.16 Å². The predicted molar refractivity (Wildman–Crippen MR) is 139 cm³/mol. The lowest BCUT2D eigenvalue weighted by Gasteiger charge is -2.42. The average Bonchev–Trinajstić information content (AvgIpc) is 3.31. The number of hydrogen-bond donors (Lipinski definition) is 2. The molecule has 4 heterocycles. The fraction of sp³-hybridized carbons (Fsp3) is 0.519. The van der Waals surface area contributed by atoms with Crippen LogP contribution in [0.1, 0.15) is 60.5 Å². The number of piperidine rings is 1. The van der Waals surface area contributed by atoms with Crippen LogP contribution >= 0.6 is 0 Å². The number of amides is 1. The van der Waals surface area contributed by atoms with E-state index in [1.54, 1.807) is 10.6 Å². The molecule has 2 N–H and O–H groups in total. The van der Waals surface area contributed by atoms with E-state index in [1.807, 2.05) is 6.92 Å². The summed E-state index contributed by atoms with van der Waals surface area (Å²) >= 11 is 0. The van der Waals surface area contributed by atoms with Crippen molar-refractivity contribution >= 4 is 17.1 Å². The number of quaternary nitrogens is 1. The molecule has 1 saturated heterocycles. The average molecular weight is 530 g/mol. The number of carbonyl (C=O) groups excluding carboxylic acids is 1. The number of nitrogens with one attached hydrogen (secondary N) is 1. The van der Waals surface area contributed by atoms with Crippen molar-refractivity contribution < 1.29 is 28.0 Å². The minimum Gasteiger partial charge on any atom is -0.399 e. The van der Waals surface area contributed by atoms with Gasteiger partial charge in [0.2, 0.25) is 6.73 Å². The van der Waals surface area contributed by atoms with Gasteiger partial charge in [0.1, 0.15) is 17.7 Å². The number of aryl methyl sites for hydroxylation is 1. The second kappa shape index (κ2) is 11.2. The highest BCUT2D eigenvalue weighted by Crippen LogP contribution is 2.35. The van der Waals surface area contributed by atoms with Gasteiger partial charge in [-0.05, 0) is 31.9 Å². The molecule has 38 heavy (non-hydrogen) atoms. The van der Waals surface area contributed by atoms with Crippen molar-refractivity contribution in [3.8, 4) is 0 Å². The Kier molecular flexibility index (Phi) is 8.17. The van der Waals surface area contributed by atoms with Crippen LogP contribution in [0, 0.1) is 20.2 Å². The number of aliphatic hydroxyl groups excluding tert-OH is 1. The minimum absolute atomic E-state index is 0. The molecule has 2 aliphatic heterocycles. The highest BCUT2D eigenvalue weighted by atomic mass is 19.1. The summed E-state index contributed by atoms with van der Waals surface area (Å²) in [6, 6.07) is 4.47. The van der Waals surface area contributed by atoms with Gasteiger partial charge in [0, 0.05) is 61.5 Å². The minimum atomic E-state index is -0.711. The summed E-state index contributed by atoms with van der Waals surface area (Å²) in [4.78, 5) is 29.8. The summed E-state index contributed by atoms with van der Waals surface area (Å²) < 4.78 is 26.6. The molecule has 0 spiro atoms. The van der Waals surface area contributed by atoms with Gasteiger partial charge in [0.25, 0.3) is 5.56 Å². The second-order valence-electron chi connectivity index (χ2n) is 10.2. The van der Waals surface area contributed by atoms with E-state index in [1.165, 1.54) is 19.2 Å². The molecule has 1 unspecified atom stereocenters. The monoisotopic (exact) mass is 529 g/mol. The molecule has 1 atom stereocenters. The third-order valence-electron chi connectivity index (χ3n) is 7.92.